The molecule has 2 atom stereocenters. The minimum atomic E-state index is 0.775. The Bertz CT molecular complexity index is 201. The molecule has 2 fully saturated rings. The number of hydrogen-bond acceptors (Lipinski definition) is 2. The van der Waals surface area contributed by atoms with E-state index in [1.165, 1.54) is 51.6 Å². The lowest BCUT2D eigenvalue weighted by Gasteiger charge is -2.37. The van der Waals surface area contributed by atoms with Crippen molar-refractivity contribution in [1.82, 2.24) is 10.2 Å². The van der Waals surface area contributed by atoms with Crippen molar-refractivity contribution in [3.05, 3.63) is 0 Å². The molecule has 1 saturated heterocycles. The monoisotopic (exact) mass is 224 g/mol. The first kappa shape index (κ1) is 12.4. The van der Waals surface area contributed by atoms with E-state index in [-0.39, 0.29) is 0 Å². The van der Waals surface area contributed by atoms with Crippen LogP contribution in [0.5, 0.6) is 0 Å². The Labute approximate surface area is 101 Å². The Balaban J connectivity index is 1.84. The van der Waals surface area contributed by atoms with E-state index in [1.807, 2.05) is 0 Å². The van der Waals surface area contributed by atoms with E-state index in [2.05, 4.69) is 24.1 Å². The molecule has 1 heterocycles. The van der Waals surface area contributed by atoms with Crippen molar-refractivity contribution in [3.63, 3.8) is 0 Å². The predicted octanol–water partition coefficient (Wildman–Crippen LogP) is 2.64. The molecule has 0 aromatic rings. The van der Waals surface area contributed by atoms with Crippen LogP contribution in [-0.4, -0.2) is 36.6 Å². The van der Waals surface area contributed by atoms with Crippen LogP contribution in [0.15, 0.2) is 0 Å². The van der Waals surface area contributed by atoms with Crippen LogP contribution in [0, 0.1) is 5.92 Å². The zero-order valence-corrected chi connectivity index (χ0v) is 11.0. The second-order valence-electron chi connectivity index (χ2n) is 5.55. The largest absolute Gasteiger partial charge is 0.313 e. The molecule has 1 aliphatic carbocycles. The molecular weight excluding hydrogens is 196 g/mol. The van der Waals surface area contributed by atoms with Crippen LogP contribution in [0.4, 0.5) is 0 Å². The minimum absolute atomic E-state index is 0.775. The molecule has 0 amide bonds. The average molecular weight is 224 g/mol. The number of likely N-dealkylation sites (tertiary alicyclic amines) is 1. The summed E-state index contributed by atoms with van der Waals surface area (Å²) in [5.41, 5.74) is 0. The van der Waals surface area contributed by atoms with Gasteiger partial charge in [0.15, 0.2) is 0 Å². The first-order chi connectivity index (χ1) is 7.85. The number of nitrogens with zero attached hydrogens (tertiary/aromatic N) is 1. The highest BCUT2D eigenvalue weighted by molar-refractivity contribution is 4.90. The van der Waals surface area contributed by atoms with Crippen LogP contribution < -0.4 is 5.32 Å². The fraction of sp³-hybridized carbons (Fsp3) is 1.00. The molecule has 0 spiro atoms. The highest BCUT2D eigenvalue weighted by atomic mass is 15.2. The number of nitrogens with one attached hydrogen (secondary N) is 1. The molecule has 16 heavy (non-hydrogen) atoms. The van der Waals surface area contributed by atoms with E-state index >= 15 is 0 Å². The SMILES string of the molecule is CCNC(CN1CCCCC1CC)C1CC1. The third-order valence-corrected chi connectivity index (χ3v) is 4.31. The van der Waals surface area contributed by atoms with Gasteiger partial charge in [-0.2, -0.15) is 0 Å². The maximum Gasteiger partial charge on any atom is 0.0223 e. The van der Waals surface area contributed by atoms with Gasteiger partial charge in [-0.3, -0.25) is 4.90 Å². The summed E-state index contributed by atoms with van der Waals surface area (Å²) >= 11 is 0. The molecule has 2 rings (SSSR count). The Morgan fingerprint density at radius 2 is 2.00 bits per heavy atom. The van der Waals surface area contributed by atoms with Gasteiger partial charge >= 0.3 is 0 Å². The molecule has 0 aromatic heterocycles. The lowest BCUT2D eigenvalue weighted by Crippen LogP contribution is -2.48. The summed E-state index contributed by atoms with van der Waals surface area (Å²) in [6.07, 6.45) is 8.55. The van der Waals surface area contributed by atoms with E-state index in [1.54, 1.807) is 0 Å². The smallest absolute Gasteiger partial charge is 0.0223 e. The number of rotatable bonds is 6. The molecule has 0 aromatic carbocycles. The zero-order chi connectivity index (χ0) is 11.4. The van der Waals surface area contributed by atoms with Gasteiger partial charge in [-0.15, -0.1) is 0 Å². The van der Waals surface area contributed by atoms with E-state index < -0.39 is 0 Å². The summed E-state index contributed by atoms with van der Waals surface area (Å²) in [5.74, 6) is 0.986. The second-order valence-corrected chi connectivity index (χ2v) is 5.55. The molecule has 2 aliphatic rings. The third-order valence-electron chi connectivity index (χ3n) is 4.31. The third kappa shape index (κ3) is 3.21. The van der Waals surface area contributed by atoms with Crippen molar-refractivity contribution < 1.29 is 0 Å². The maximum absolute atomic E-state index is 3.69. The van der Waals surface area contributed by atoms with Crippen LogP contribution in [0.25, 0.3) is 0 Å². The van der Waals surface area contributed by atoms with Gasteiger partial charge in [0.05, 0.1) is 0 Å². The summed E-state index contributed by atoms with van der Waals surface area (Å²) in [4.78, 5) is 2.76. The fourth-order valence-electron chi connectivity index (χ4n) is 3.16. The Morgan fingerprint density at radius 3 is 2.62 bits per heavy atom. The molecule has 2 heteroatoms. The first-order valence-corrected chi connectivity index (χ1v) is 7.32. The van der Waals surface area contributed by atoms with Crippen molar-refractivity contribution in [2.75, 3.05) is 19.6 Å². The summed E-state index contributed by atoms with van der Waals surface area (Å²) < 4.78 is 0. The van der Waals surface area contributed by atoms with Gasteiger partial charge < -0.3 is 5.32 Å². The number of piperidine rings is 1. The Kier molecular flexibility index (Phi) is 4.66. The van der Waals surface area contributed by atoms with Crippen molar-refractivity contribution in [2.45, 2.75) is 64.5 Å². The van der Waals surface area contributed by atoms with Crippen molar-refractivity contribution in [2.24, 2.45) is 5.92 Å². The highest BCUT2D eigenvalue weighted by Gasteiger charge is 2.33. The van der Waals surface area contributed by atoms with Gasteiger partial charge in [-0.1, -0.05) is 20.3 Å². The van der Waals surface area contributed by atoms with Gasteiger partial charge in [0.25, 0.3) is 0 Å². The summed E-state index contributed by atoms with van der Waals surface area (Å²) in [6, 6.07) is 1.64. The minimum Gasteiger partial charge on any atom is -0.313 e. The van der Waals surface area contributed by atoms with Crippen LogP contribution in [-0.2, 0) is 0 Å². The number of hydrogen-bond donors (Lipinski definition) is 1. The lowest BCUT2D eigenvalue weighted by atomic mass is 9.98. The predicted molar refractivity (Wildman–Crippen MR) is 69.7 cm³/mol. The van der Waals surface area contributed by atoms with E-state index in [4.69, 9.17) is 0 Å². The van der Waals surface area contributed by atoms with Crippen molar-refractivity contribution >= 4 is 0 Å². The lowest BCUT2D eigenvalue weighted by molar-refractivity contribution is 0.125. The van der Waals surface area contributed by atoms with E-state index in [0.717, 1.165) is 24.5 Å². The molecule has 0 radical (unpaired) electrons. The second kappa shape index (κ2) is 6.02. The molecule has 94 valence electrons. The van der Waals surface area contributed by atoms with Gasteiger partial charge in [0.1, 0.15) is 0 Å². The molecule has 1 N–H and O–H groups in total. The Hall–Kier alpha value is -0.0800. The Morgan fingerprint density at radius 1 is 1.19 bits per heavy atom. The first-order valence-electron chi connectivity index (χ1n) is 7.32. The molecule has 2 nitrogen and oxygen atoms in total. The molecule has 2 unspecified atom stereocenters. The van der Waals surface area contributed by atoms with Crippen LogP contribution in [0.2, 0.25) is 0 Å². The fourth-order valence-corrected chi connectivity index (χ4v) is 3.16. The molecule has 1 saturated carbocycles. The van der Waals surface area contributed by atoms with Crippen LogP contribution in [0.1, 0.15) is 52.4 Å². The van der Waals surface area contributed by atoms with Crippen LogP contribution in [0.3, 0.4) is 0 Å². The topological polar surface area (TPSA) is 15.3 Å². The maximum atomic E-state index is 3.69. The normalized spacial score (nSPS) is 29.2. The van der Waals surface area contributed by atoms with Gasteiger partial charge in [-0.25, -0.2) is 0 Å². The quantitative estimate of drug-likeness (QED) is 0.746. The van der Waals surface area contributed by atoms with Gasteiger partial charge in [0.2, 0.25) is 0 Å². The van der Waals surface area contributed by atoms with Gasteiger partial charge in [-0.05, 0) is 51.1 Å². The average Bonchev–Trinajstić information content (AvgIpc) is 3.13. The van der Waals surface area contributed by atoms with Crippen molar-refractivity contribution in [3.8, 4) is 0 Å². The molecular formula is C14H28N2. The molecule has 0 bridgehead atoms. The zero-order valence-electron chi connectivity index (χ0n) is 11.0. The highest BCUT2D eigenvalue weighted by Crippen LogP contribution is 2.34. The van der Waals surface area contributed by atoms with Crippen LogP contribution >= 0.6 is 0 Å². The number of likely N-dealkylation sites (N-methyl/N-ethyl adjacent to an activating group) is 1. The summed E-state index contributed by atoms with van der Waals surface area (Å²) in [6.45, 7) is 8.36. The summed E-state index contributed by atoms with van der Waals surface area (Å²) in [7, 11) is 0. The van der Waals surface area contributed by atoms with E-state index in [9.17, 15) is 0 Å². The van der Waals surface area contributed by atoms with E-state index in [0.29, 0.717) is 0 Å². The van der Waals surface area contributed by atoms with Crippen molar-refractivity contribution in [1.29, 1.82) is 0 Å². The standard InChI is InChI=1S/C14H28N2/c1-3-13-7-5-6-10-16(13)11-14(15-4-2)12-8-9-12/h12-15H,3-11H2,1-2H3. The summed E-state index contributed by atoms with van der Waals surface area (Å²) in [5, 5.41) is 3.69. The van der Waals surface area contributed by atoms with Gasteiger partial charge in [0, 0.05) is 18.6 Å². The molecule has 1 aliphatic heterocycles.